The lowest BCUT2D eigenvalue weighted by molar-refractivity contribution is -0.139. The van der Waals surface area contributed by atoms with Crippen molar-refractivity contribution < 1.29 is 24.2 Å². The van der Waals surface area contributed by atoms with E-state index >= 15 is 0 Å². The zero-order valence-electron chi connectivity index (χ0n) is 13.8. The number of anilines is 1. The first-order valence-electron chi connectivity index (χ1n) is 7.96. The third-order valence-electron chi connectivity index (χ3n) is 4.26. The van der Waals surface area contributed by atoms with Crippen LogP contribution in [-0.4, -0.2) is 65.1 Å². The molecular formula is C16H18N4O5S. The van der Waals surface area contributed by atoms with Gasteiger partial charge >= 0.3 is 0 Å². The van der Waals surface area contributed by atoms with Crippen LogP contribution in [0.1, 0.15) is 16.8 Å². The molecule has 0 bridgehead atoms. The second kappa shape index (κ2) is 7.67. The number of ether oxygens (including phenoxy) is 1. The maximum atomic E-state index is 12.7. The summed E-state index contributed by atoms with van der Waals surface area (Å²) in [6.07, 6.45) is 0.723. The average molecular weight is 378 g/mol. The number of nitrogens with one attached hydrogen (secondary N) is 1. The number of piperidine rings is 1. The number of carbonyl (C=O) groups excluding carboxylic acids is 2. The molecule has 2 fully saturated rings. The first-order valence-corrected chi connectivity index (χ1v) is 8.77. The number of nitrogen functional groups attached to an aromatic ring is 1. The first kappa shape index (κ1) is 18.1. The van der Waals surface area contributed by atoms with Gasteiger partial charge in [0.05, 0.1) is 22.4 Å². The normalized spacial score (nSPS) is 22.0. The van der Waals surface area contributed by atoms with Gasteiger partial charge < -0.3 is 25.8 Å². The minimum absolute atomic E-state index is 0.00225. The van der Waals surface area contributed by atoms with Crippen LogP contribution in [0.25, 0.3) is 10.2 Å². The summed E-state index contributed by atoms with van der Waals surface area (Å²) >= 11 is 1.40. The lowest BCUT2D eigenvalue weighted by Crippen LogP contribution is -2.61. The number of thiazole rings is 1. The Bertz CT molecular complexity index is 839. The lowest BCUT2D eigenvalue weighted by atomic mass is 9.99. The Hall–Kier alpha value is -2.72. The summed E-state index contributed by atoms with van der Waals surface area (Å²) in [5, 5.41) is 10.3. The van der Waals surface area contributed by atoms with Crippen molar-refractivity contribution in [1.29, 1.82) is 0 Å². The van der Waals surface area contributed by atoms with Crippen LogP contribution in [0.2, 0.25) is 0 Å². The molecule has 0 unspecified atom stereocenters. The molecule has 2 amide bonds. The second-order valence-electron chi connectivity index (χ2n) is 5.90. The molecule has 138 valence electrons. The molecule has 2 aromatic rings. The molecule has 10 heteroatoms. The summed E-state index contributed by atoms with van der Waals surface area (Å²) in [5.74, 6) is -0.184. The number of benzene rings is 1. The molecule has 2 aliphatic rings. The first-order chi connectivity index (χ1) is 12.5. The number of nitrogens with two attached hydrogens (primary N) is 1. The standard InChI is InChI=1S/C15H16N4O3S.CH2O2/c16-15-18-9-5-8(1-2-12(9)23-15)14(21)19-4-3-11-10(6-19)17-13(20)7-22-11;2-1-3/h1-2,5,10-11H,3-4,6-7H2,(H2,16,18)(H,17,20);1H,(H,2,3)/t10-,11+;/m0./s1. The Balaban J connectivity index is 0.000000613. The molecular weight excluding hydrogens is 360 g/mol. The van der Waals surface area contributed by atoms with Gasteiger partial charge in [0.1, 0.15) is 6.61 Å². The summed E-state index contributed by atoms with van der Waals surface area (Å²) in [6, 6.07) is 5.30. The SMILES string of the molecule is Nc1nc2cc(C(=O)N3CC[C@H]4OCC(=O)N[C@H]4C3)ccc2s1.O=CO. The Morgan fingerprint density at radius 2 is 2.27 bits per heavy atom. The molecule has 9 nitrogen and oxygen atoms in total. The zero-order valence-corrected chi connectivity index (χ0v) is 14.6. The van der Waals surface area contributed by atoms with Gasteiger partial charge in [-0.15, -0.1) is 0 Å². The van der Waals surface area contributed by atoms with E-state index in [1.165, 1.54) is 11.3 Å². The minimum atomic E-state index is -0.250. The molecule has 4 rings (SSSR count). The summed E-state index contributed by atoms with van der Waals surface area (Å²) in [7, 11) is 0. The number of hydrogen-bond donors (Lipinski definition) is 3. The van der Waals surface area contributed by atoms with Gasteiger partial charge in [0.15, 0.2) is 5.13 Å². The summed E-state index contributed by atoms with van der Waals surface area (Å²) in [6.45, 7) is 0.941. The van der Waals surface area contributed by atoms with Crippen LogP contribution in [0.15, 0.2) is 18.2 Å². The quantitative estimate of drug-likeness (QED) is 0.608. The number of carbonyl (C=O) groups is 3. The molecule has 26 heavy (non-hydrogen) atoms. The van der Waals surface area contributed by atoms with E-state index in [-0.39, 0.29) is 37.0 Å². The highest BCUT2D eigenvalue weighted by molar-refractivity contribution is 7.22. The molecule has 3 heterocycles. The predicted molar refractivity (Wildman–Crippen MR) is 94.9 cm³/mol. The smallest absolute Gasteiger partial charge is 0.290 e. The van der Waals surface area contributed by atoms with Gasteiger partial charge in [0.25, 0.3) is 12.4 Å². The van der Waals surface area contributed by atoms with Crippen molar-refractivity contribution >= 4 is 45.0 Å². The number of aromatic nitrogens is 1. The molecule has 4 N–H and O–H groups in total. The van der Waals surface area contributed by atoms with Crippen molar-refractivity contribution in [2.75, 3.05) is 25.4 Å². The average Bonchev–Trinajstić information content (AvgIpc) is 3.00. The van der Waals surface area contributed by atoms with Gasteiger partial charge in [-0.3, -0.25) is 14.4 Å². The van der Waals surface area contributed by atoms with Crippen molar-refractivity contribution in [3.05, 3.63) is 23.8 Å². The number of morpholine rings is 1. The van der Waals surface area contributed by atoms with Crippen LogP contribution in [0, 0.1) is 0 Å². The number of amides is 2. The van der Waals surface area contributed by atoms with E-state index in [2.05, 4.69) is 10.3 Å². The number of carboxylic acid groups (broad SMARTS) is 1. The van der Waals surface area contributed by atoms with Crippen LogP contribution >= 0.6 is 11.3 Å². The van der Waals surface area contributed by atoms with Crippen LogP contribution in [0.4, 0.5) is 5.13 Å². The predicted octanol–water partition coefficient (Wildman–Crippen LogP) is 0.309. The maximum absolute atomic E-state index is 12.7. The Morgan fingerprint density at radius 1 is 1.50 bits per heavy atom. The minimum Gasteiger partial charge on any atom is -0.483 e. The highest BCUT2D eigenvalue weighted by Gasteiger charge is 2.36. The molecule has 2 atom stereocenters. The molecule has 0 saturated carbocycles. The van der Waals surface area contributed by atoms with E-state index in [4.69, 9.17) is 20.4 Å². The number of fused-ring (bicyclic) bond motifs is 2. The van der Waals surface area contributed by atoms with E-state index < -0.39 is 0 Å². The van der Waals surface area contributed by atoms with Crippen LogP contribution in [-0.2, 0) is 14.3 Å². The highest BCUT2D eigenvalue weighted by Crippen LogP contribution is 2.26. The van der Waals surface area contributed by atoms with Crippen LogP contribution < -0.4 is 11.1 Å². The highest BCUT2D eigenvalue weighted by atomic mass is 32.1. The second-order valence-corrected chi connectivity index (χ2v) is 6.97. The van der Waals surface area contributed by atoms with Gasteiger partial charge in [0, 0.05) is 18.7 Å². The number of likely N-dealkylation sites (tertiary alicyclic amines) is 1. The summed E-state index contributed by atoms with van der Waals surface area (Å²) in [4.78, 5) is 38.5. The maximum Gasteiger partial charge on any atom is 0.290 e. The van der Waals surface area contributed by atoms with Crippen LogP contribution in [0.5, 0.6) is 0 Å². The molecule has 1 aromatic heterocycles. The van der Waals surface area contributed by atoms with Gasteiger partial charge in [-0.2, -0.15) is 0 Å². The largest absolute Gasteiger partial charge is 0.483 e. The van der Waals surface area contributed by atoms with E-state index in [1.54, 1.807) is 17.0 Å². The van der Waals surface area contributed by atoms with Gasteiger partial charge in [-0.1, -0.05) is 11.3 Å². The fourth-order valence-electron chi connectivity index (χ4n) is 3.15. The van der Waals surface area contributed by atoms with Gasteiger partial charge in [0.2, 0.25) is 5.91 Å². The fourth-order valence-corrected chi connectivity index (χ4v) is 3.86. The van der Waals surface area contributed by atoms with Crippen molar-refractivity contribution in [2.45, 2.75) is 18.6 Å². The lowest BCUT2D eigenvalue weighted by Gasteiger charge is -2.41. The van der Waals surface area contributed by atoms with Crippen molar-refractivity contribution in [1.82, 2.24) is 15.2 Å². The van der Waals surface area contributed by atoms with E-state index in [1.807, 2.05) is 6.07 Å². The molecule has 2 saturated heterocycles. The molecule has 0 aliphatic carbocycles. The molecule has 1 aromatic carbocycles. The van der Waals surface area contributed by atoms with Gasteiger partial charge in [-0.05, 0) is 24.6 Å². The van der Waals surface area contributed by atoms with E-state index in [0.717, 1.165) is 16.6 Å². The van der Waals surface area contributed by atoms with E-state index in [9.17, 15) is 9.59 Å². The van der Waals surface area contributed by atoms with Crippen molar-refractivity contribution in [3.8, 4) is 0 Å². The van der Waals surface area contributed by atoms with Crippen molar-refractivity contribution in [3.63, 3.8) is 0 Å². The van der Waals surface area contributed by atoms with Crippen molar-refractivity contribution in [2.24, 2.45) is 0 Å². The molecule has 0 radical (unpaired) electrons. The Morgan fingerprint density at radius 3 is 3.04 bits per heavy atom. The summed E-state index contributed by atoms with van der Waals surface area (Å²) < 4.78 is 6.48. The third kappa shape index (κ3) is 3.75. The third-order valence-corrected chi connectivity index (χ3v) is 5.13. The Kier molecular flexibility index (Phi) is 5.33. The fraction of sp³-hybridized carbons (Fsp3) is 0.375. The number of nitrogens with zero attached hydrogens (tertiary/aromatic N) is 2. The van der Waals surface area contributed by atoms with Gasteiger partial charge in [-0.25, -0.2) is 4.98 Å². The monoisotopic (exact) mass is 378 g/mol. The van der Waals surface area contributed by atoms with E-state index in [0.29, 0.717) is 23.8 Å². The van der Waals surface area contributed by atoms with Crippen LogP contribution in [0.3, 0.4) is 0 Å². The topological polar surface area (TPSA) is 135 Å². The summed E-state index contributed by atoms with van der Waals surface area (Å²) in [5.41, 5.74) is 7.03. The Labute approximate surface area is 152 Å². The zero-order chi connectivity index (χ0) is 18.7. The molecule has 0 spiro atoms. The molecule has 2 aliphatic heterocycles. The number of hydrogen-bond acceptors (Lipinski definition) is 7. The number of rotatable bonds is 1.